The number of ether oxygens (including phenoxy) is 1. The van der Waals surface area contributed by atoms with Crippen molar-refractivity contribution in [2.45, 2.75) is 102 Å². The number of hydrogen-bond donors (Lipinski definition) is 6. The van der Waals surface area contributed by atoms with E-state index in [1.165, 1.54) is 6.42 Å². The molecular formula is C37H49Cl3N6O4. The van der Waals surface area contributed by atoms with Gasteiger partial charge in [-0.2, -0.15) is 0 Å². The third-order valence-electron chi connectivity index (χ3n) is 9.44. The molecule has 3 amide bonds. The van der Waals surface area contributed by atoms with Crippen LogP contribution in [0.15, 0.2) is 48.8 Å². The van der Waals surface area contributed by atoms with Crippen LogP contribution in [-0.2, 0) is 4.74 Å². The molecule has 2 aliphatic carbocycles. The summed E-state index contributed by atoms with van der Waals surface area (Å²) in [6.45, 7) is 6.35. The van der Waals surface area contributed by atoms with Gasteiger partial charge < -0.3 is 36.4 Å². The summed E-state index contributed by atoms with van der Waals surface area (Å²) in [5.74, 6) is -0.400. The average molecular weight is 748 g/mol. The highest BCUT2D eigenvalue weighted by Crippen LogP contribution is 2.31. The molecule has 2 aliphatic rings. The van der Waals surface area contributed by atoms with Gasteiger partial charge in [0.15, 0.2) is 0 Å². The number of H-pyrrole nitrogens is 2. The summed E-state index contributed by atoms with van der Waals surface area (Å²) in [6, 6.07) is 10.9. The second-order valence-electron chi connectivity index (χ2n) is 14.5. The van der Waals surface area contributed by atoms with E-state index >= 15 is 0 Å². The van der Waals surface area contributed by atoms with Crippen LogP contribution in [0, 0.1) is 0 Å². The molecule has 4 aromatic rings. The zero-order chi connectivity index (χ0) is 35.2. The van der Waals surface area contributed by atoms with Crippen molar-refractivity contribution in [3.63, 3.8) is 0 Å². The largest absolute Gasteiger partial charge is 0.444 e. The molecule has 2 saturated carbocycles. The van der Waals surface area contributed by atoms with Crippen molar-refractivity contribution in [1.82, 2.24) is 25.9 Å². The van der Waals surface area contributed by atoms with Gasteiger partial charge in [-0.05, 0) is 82.9 Å². The van der Waals surface area contributed by atoms with Crippen LogP contribution in [0.5, 0.6) is 0 Å². The van der Waals surface area contributed by atoms with Gasteiger partial charge in [0, 0.05) is 52.8 Å². The van der Waals surface area contributed by atoms with Crippen LogP contribution in [0.4, 0.5) is 4.79 Å². The van der Waals surface area contributed by atoms with E-state index in [0.717, 1.165) is 79.6 Å². The lowest BCUT2D eigenvalue weighted by Gasteiger charge is -2.38. The third kappa shape index (κ3) is 9.87. The van der Waals surface area contributed by atoms with Crippen molar-refractivity contribution in [3.05, 3.63) is 70.0 Å². The molecule has 50 heavy (non-hydrogen) atoms. The molecule has 272 valence electrons. The molecule has 0 unspecified atom stereocenters. The molecule has 6 rings (SSSR count). The van der Waals surface area contributed by atoms with E-state index in [9.17, 15) is 14.4 Å². The van der Waals surface area contributed by atoms with Crippen molar-refractivity contribution < 1.29 is 19.1 Å². The third-order valence-corrected chi connectivity index (χ3v) is 10.3. The standard InChI is InChI=1S/C21H28ClN3O3.C16H20ClN3O.ClH/c1-20(2,3)28-19(27)25-21(10-5-4-6-11-21)13-24-18(26)15-7-8-16-14(17(15)22)9-12-23-16;17-14-11-6-9-19-13(11)5-4-12(14)15(21)20-10-16(18)7-2-1-3-8-16;/h7-9,12,23H,4-6,10-11,13H2,1-3H3,(H,24,26)(H,25,27);4-6,9,19H,1-3,7-8,10,18H2,(H,20,21);1H. The Morgan fingerprint density at radius 3 is 1.68 bits per heavy atom. The number of fused-ring (bicyclic) bond motifs is 2. The number of alkyl carbamates (subject to hydrolysis) is 1. The number of carbonyl (C=O) groups excluding carboxylic acids is 3. The van der Waals surface area contributed by atoms with Gasteiger partial charge in [-0.15, -0.1) is 12.4 Å². The average Bonchev–Trinajstić information content (AvgIpc) is 3.74. The number of nitrogens with one attached hydrogen (secondary N) is 5. The summed E-state index contributed by atoms with van der Waals surface area (Å²) in [4.78, 5) is 43.6. The monoisotopic (exact) mass is 746 g/mol. The molecule has 2 aromatic heterocycles. The fourth-order valence-corrected chi connectivity index (χ4v) is 7.39. The first-order valence-corrected chi connectivity index (χ1v) is 17.9. The molecular weight excluding hydrogens is 699 g/mol. The van der Waals surface area contributed by atoms with E-state index in [2.05, 4.69) is 25.9 Å². The number of amides is 3. The molecule has 2 fully saturated rings. The molecule has 2 aromatic carbocycles. The van der Waals surface area contributed by atoms with Gasteiger partial charge in [-0.1, -0.05) is 61.7 Å². The summed E-state index contributed by atoms with van der Waals surface area (Å²) in [5.41, 5.74) is 7.76. The predicted molar refractivity (Wildman–Crippen MR) is 204 cm³/mol. The summed E-state index contributed by atoms with van der Waals surface area (Å²) in [5, 5.41) is 11.5. The Morgan fingerprint density at radius 1 is 0.740 bits per heavy atom. The molecule has 0 saturated heterocycles. The van der Waals surface area contributed by atoms with E-state index in [1.54, 1.807) is 18.3 Å². The zero-order valence-electron chi connectivity index (χ0n) is 29.0. The molecule has 0 aliphatic heterocycles. The lowest BCUT2D eigenvalue weighted by molar-refractivity contribution is 0.0419. The Morgan fingerprint density at radius 2 is 1.20 bits per heavy atom. The number of halogens is 3. The summed E-state index contributed by atoms with van der Waals surface area (Å²) < 4.78 is 5.43. The fourth-order valence-electron chi connectivity index (χ4n) is 6.77. The SMILES string of the molecule is CC(C)(C)OC(=O)NC1(CNC(=O)c2ccc3[nH]ccc3c2Cl)CCCCC1.Cl.NC1(CNC(=O)c2ccc3[nH]ccc3c2Cl)CCCCC1. The van der Waals surface area contributed by atoms with Crippen LogP contribution in [0.25, 0.3) is 21.8 Å². The summed E-state index contributed by atoms with van der Waals surface area (Å²) >= 11 is 12.7. The van der Waals surface area contributed by atoms with Gasteiger partial charge in [0.2, 0.25) is 0 Å². The van der Waals surface area contributed by atoms with E-state index in [4.69, 9.17) is 33.7 Å². The Labute approximate surface area is 309 Å². The van der Waals surface area contributed by atoms with Gasteiger partial charge in [0.1, 0.15) is 5.60 Å². The topological polar surface area (TPSA) is 154 Å². The first-order chi connectivity index (χ1) is 23.3. The van der Waals surface area contributed by atoms with Crippen LogP contribution in [0.2, 0.25) is 10.0 Å². The number of rotatable bonds is 7. The van der Waals surface area contributed by atoms with Gasteiger partial charge >= 0.3 is 6.09 Å². The number of hydrogen-bond acceptors (Lipinski definition) is 5. The molecule has 0 radical (unpaired) electrons. The van der Waals surface area contributed by atoms with Crippen LogP contribution in [0.3, 0.4) is 0 Å². The summed E-state index contributed by atoms with van der Waals surface area (Å²) in [7, 11) is 0. The van der Waals surface area contributed by atoms with E-state index in [0.29, 0.717) is 34.3 Å². The number of aromatic amines is 2. The minimum atomic E-state index is -0.567. The first kappa shape index (κ1) is 39.3. The van der Waals surface area contributed by atoms with Crippen molar-refractivity contribution in [1.29, 1.82) is 0 Å². The molecule has 0 spiro atoms. The maximum absolute atomic E-state index is 12.8. The van der Waals surface area contributed by atoms with Crippen LogP contribution in [0.1, 0.15) is 106 Å². The Bertz CT molecular complexity index is 1780. The minimum Gasteiger partial charge on any atom is -0.444 e. The van der Waals surface area contributed by atoms with Crippen molar-refractivity contribution in [3.8, 4) is 0 Å². The van der Waals surface area contributed by atoms with E-state index in [-0.39, 0.29) is 29.8 Å². The molecule has 13 heteroatoms. The Kier molecular flexibility index (Phi) is 13.2. The number of nitrogens with two attached hydrogens (primary N) is 1. The van der Waals surface area contributed by atoms with E-state index in [1.807, 2.05) is 51.2 Å². The first-order valence-electron chi connectivity index (χ1n) is 17.2. The predicted octanol–water partition coefficient (Wildman–Crippen LogP) is 8.41. The van der Waals surface area contributed by atoms with Crippen molar-refractivity contribution in [2.75, 3.05) is 13.1 Å². The normalized spacial score (nSPS) is 16.8. The second-order valence-corrected chi connectivity index (χ2v) is 15.2. The van der Waals surface area contributed by atoms with Crippen molar-refractivity contribution in [2.24, 2.45) is 5.73 Å². The lowest BCUT2D eigenvalue weighted by atomic mass is 9.81. The molecule has 0 bridgehead atoms. The highest BCUT2D eigenvalue weighted by atomic mass is 35.5. The molecule has 2 heterocycles. The smallest absolute Gasteiger partial charge is 0.408 e. The van der Waals surface area contributed by atoms with Crippen LogP contribution in [-0.4, -0.2) is 57.6 Å². The quantitative estimate of drug-likeness (QED) is 0.112. The Hall–Kier alpha value is -3.44. The Balaban J connectivity index is 0.000000229. The highest BCUT2D eigenvalue weighted by molar-refractivity contribution is 6.39. The fraction of sp³-hybridized carbons (Fsp3) is 0.486. The van der Waals surface area contributed by atoms with E-state index < -0.39 is 17.2 Å². The van der Waals surface area contributed by atoms with Gasteiger partial charge in [0.05, 0.1) is 26.7 Å². The second kappa shape index (κ2) is 16.7. The van der Waals surface area contributed by atoms with Gasteiger partial charge in [-0.3, -0.25) is 9.59 Å². The number of carbonyl (C=O) groups is 3. The maximum Gasteiger partial charge on any atom is 0.408 e. The number of benzene rings is 2. The van der Waals surface area contributed by atoms with Crippen LogP contribution < -0.4 is 21.7 Å². The minimum absolute atomic E-state index is 0. The summed E-state index contributed by atoms with van der Waals surface area (Å²) in [6.07, 6.45) is 13.4. The molecule has 10 nitrogen and oxygen atoms in total. The highest BCUT2D eigenvalue weighted by Gasteiger charge is 2.36. The van der Waals surface area contributed by atoms with Crippen molar-refractivity contribution >= 4 is 75.3 Å². The molecule has 0 atom stereocenters. The van der Waals surface area contributed by atoms with Gasteiger partial charge in [-0.25, -0.2) is 4.79 Å². The van der Waals surface area contributed by atoms with Gasteiger partial charge in [0.25, 0.3) is 11.8 Å². The zero-order valence-corrected chi connectivity index (χ0v) is 31.3. The molecule has 7 N–H and O–H groups in total. The number of aromatic nitrogens is 2. The maximum atomic E-state index is 12.8. The van der Waals surface area contributed by atoms with Crippen LogP contribution >= 0.6 is 35.6 Å². The lowest BCUT2D eigenvalue weighted by Crippen LogP contribution is -2.57.